The van der Waals surface area contributed by atoms with E-state index in [9.17, 15) is 26.3 Å². The van der Waals surface area contributed by atoms with E-state index < -0.39 is 29.0 Å². The van der Waals surface area contributed by atoms with Crippen LogP contribution in [0.15, 0.2) is 0 Å². The van der Waals surface area contributed by atoms with Crippen molar-refractivity contribution in [2.24, 2.45) is 0 Å². The van der Waals surface area contributed by atoms with Crippen LogP contribution in [0.25, 0.3) is 0 Å². The summed E-state index contributed by atoms with van der Waals surface area (Å²) < 4.78 is 72.0. The summed E-state index contributed by atoms with van der Waals surface area (Å²) in [6.45, 7) is 9.43. The van der Waals surface area contributed by atoms with Crippen LogP contribution in [-0.2, 0) is 10.7 Å². The average Bonchev–Trinajstić information content (AvgIpc) is 2.64. The molecule has 1 nitrogen and oxygen atoms in total. The Bertz CT molecular complexity index is 375. The summed E-state index contributed by atoms with van der Waals surface area (Å²) in [5.74, 6) is 0. The van der Waals surface area contributed by atoms with Crippen LogP contribution in [0.5, 0.6) is 0 Å². The summed E-state index contributed by atoms with van der Waals surface area (Å²) in [5.41, 5.74) is -11.0. The first-order valence-corrected chi connectivity index (χ1v) is 14.6. The van der Waals surface area contributed by atoms with Gasteiger partial charge in [0.25, 0.3) is 0 Å². The second kappa shape index (κ2) is 16.8. The molecule has 0 atom stereocenters. The first-order valence-electron chi connectivity index (χ1n) is 10.8. The van der Waals surface area contributed by atoms with Crippen molar-refractivity contribution in [2.75, 3.05) is 24.6 Å². The summed E-state index contributed by atoms with van der Waals surface area (Å²) in [7, 11) is -4.84. The number of hydrogen-bond donors (Lipinski definition) is 1. The summed E-state index contributed by atoms with van der Waals surface area (Å²) in [5, 5.41) is 0. The van der Waals surface area contributed by atoms with Crippen LogP contribution >= 0.6 is 7.26 Å². The highest BCUT2D eigenvalue weighted by molar-refractivity contribution is 7.87. The van der Waals surface area contributed by atoms with E-state index in [0.29, 0.717) is 0 Å². The molecule has 0 radical (unpaired) electrons. The van der Waals surface area contributed by atoms with Crippen LogP contribution in [0.3, 0.4) is 0 Å². The Hall–Kier alpha value is 0.160. The minimum atomic E-state index is -5.49. The lowest BCUT2D eigenvalue weighted by molar-refractivity contribution is -0.0754. The van der Waals surface area contributed by atoms with Crippen molar-refractivity contribution in [1.82, 2.24) is 0 Å². The van der Waals surface area contributed by atoms with Gasteiger partial charge in [-0.15, -0.1) is 0 Å². The molecule has 0 aliphatic rings. The molecule has 0 aliphatic heterocycles. The summed E-state index contributed by atoms with van der Waals surface area (Å²) >= 11 is 0. The molecule has 0 heterocycles. The van der Waals surface area contributed by atoms with Gasteiger partial charge in [0.2, 0.25) is 0 Å². The Morgan fingerprint density at radius 2 is 0.862 bits per heavy atom. The predicted molar refractivity (Wildman–Crippen MR) is 117 cm³/mol. The molecule has 0 aromatic rings. The van der Waals surface area contributed by atoms with Gasteiger partial charge >= 0.3 is 11.0 Å². The van der Waals surface area contributed by atoms with Gasteiger partial charge in [-0.3, -0.25) is 4.78 Å². The maximum Gasteiger partial charge on any atom is 0.460 e. The first-order chi connectivity index (χ1) is 13.4. The highest BCUT2D eigenvalue weighted by Gasteiger charge is 2.50. The molecular formula is C20H41F6NPS+. The molecule has 0 spiro atoms. The molecule has 178 valence electrons. The zero-order chi connectivity index (χ0) is 23.0. The van der Waals surface area contributed by atoms with Gasteiger partial charge < -0.3 is 0 Å². The molecule has 0 aliphatic carbocycles. The van der Waals surface area contributed by atoms with E-state index in [2.05, 4.69) is 27.7 Å². The maximum absolute atomic E-state index is 11.0. The van der Waals surface area contributed by atoms with E-state index >= 15 is 0 Å². The van der Waals surface area contributed by atoms with Crippen molar-refractivity contribution in [3.05, 3.63) is 0 Å². The minimum Gasteiger partial charge on any atom is -0.265 e. The Kier molecular flexibility index (Phi) is 18.2. The van der Waals surface area contributed by atoms with Gasteiger partial charge in [-0.2, -0.15) is 26.3 Å². The molecule has 0 rings (SSSR count). The van der Waals surface area contributed by atoms with Crippen molar-refractivity contribution in [1.29, 1.82) is 4.78 Å². The van der Waals surface area contributed by atoms with Gasteiger partial charge in [-0.1, -0.05) is 59.8 Å². The predicted octanol–water partition coefficient (Wildman–Crippen LogP) is 9.39. The lowest BCUT2D eigenvalue weighted by Crippen LogP contribution is -2.28. The van der Waals surface area contributed by atoms with E-state index in [0.717, 1.165) is 0 Å². The van der Waals surface area contributed by atoms with Gasteiger partial charge in [0.1, 0.15) is 10.7 Å². The van der Waals surface area contributed by atoms with Gasteiger partial charge in [-0.25, -0.2) is 0 Å². The van der Waals surface area contributed by atoms with Crippen LogP contribution in [0.2, 0.25) is 0 Å². The highest BCUT2D eigenvalue weighted by atomic mass is 32.2. The molecule has 0 amide bonds. The quantitative estimate of drug-likeness (QED) is 0.148. The second-order valence-electron chi connectivity index (χ2n) is 7.56. The molecular weight excluding hydrogens is 431 g/mol. The van der Waals surface area contributed by atoms with Crippen LogP contribution in [0.4, 0.5) is 26.3 Å². The molecule has 0 saturated carbocycles. The fourth-order valence-corrected chi connectivity index (χ4v) is 8.62. The summed E-state index contributed by atoms with van der Waals surface area (Å²) in [4.78, 5) is 0. The number of nitrogens with one attached hydrogen (secondary N) is 1. The van der Waals surface area contributed by atoms with Crippen LogP contribution < -0.4 is 0 Å². The summed E-state index contributed by atoms with van der Waals surface area (Å²) in [6.07, 6.45) is 21.0. The molecule has 0 aromatic heterocycles. The van der Waals surface area contributed by atoms with Gasteiger partial charge in [0, 0.05) is 7.26 Å². The Morgan fingerprint density at radius 3 is 1.10 bits per heavy atom. The van der Waals surface area contributed by atoms with E-state index in [1.165, 1.54) is 64.2 Å². The zero-order valence-electron chi connectivity index (χ0n) is 18.5. The van der Waals surface area contributed by atoms with Crippen LogP contribution in [0.1, 0.15) is 91.9 Å². The van der Waals surface area contributed by atoms with Gasteiger partial charge in [0.15, 0.2) is 0 Å². The van der Waals surface area contributed by atoms with Crippen LogP contribution in [-0.4, -0.2) is 35.7 Å². The SMILES string of the molecule is CCCCCC[P+](CCCC)(CCCC)CCCC.N=S(C(F)(F)F)C(F)(F)F. The largest absolute Gasteiger partial charge is 0.460 e. The van der Waals surface area contributed by atoms with Crippen molar-refractivity contribution >= 4 is 18.0 Å². The third-order valence-electron chi connectivity index (χ3n) is 4.91. The average molecular weight is 473 g/mol. The topological polar surface area (TPSA) is 23.9 Å². The number of halogens is 6. The number of hydrogen-bond acceptors (Lipinski definition) is 1. The molecule has 0 saturated heterocycles. The molecule has 0 bridgehead atoms. The lowest BCUT2D eigenvalue weighted by Gasteiger charge is -2.28. The second-order valence-corrected chi connectivity index (χ2v) is 13.6. The number of rotatable bonds is 14. The minimum absolute atomic E-state index is 0.586. The lowest BCUT2D eigenvalue weighted by atomic mass is 10.2. The first kappa shape index (κ1) is 31.3. The molecule has 0 fully saturated rings. The highest BCUT2D eigenvalue weighted by Crippen LogP contribution is 2.61. The fourth-order valence-electron chi connectivity index (χ4n) is 3.16. The van der Waals surface area contributed by atoms with Crippen LogP contribution in [0, 0.1) is 4.78 Å². The summed E-state index contributed by atoms with van der Waals surface area (Å²) in [6, 6.07) is 0. The van der Waals surface area contributed by atoms with E-state index in [1.807, 2.05) is 0 Å². The van der Waals surface area contributed by atoms with Crippen molar-refractivity contribution < 1.29 is 26.3 Å². The molecule has 29 heavy (non-hydrogen) atoms. The Labute approximate surface area is 177 Å². The number of alkyl halides is 6. The normalized spacial score (nSPS) is 12.8. The molecule has 0 aromatic carbocycles. The van der Waals surface area contributed by atoms with Gasteiger partial charge in [-0.05, 0) is 32.1 Å². The zero-order valence-corrected chi connectivity index (χ0v) is 20.2. The fraction of sp³-hybridized carbons (Fsp3) is 1.00. The molecule has 0 unspecified atom stereocenters. The molecule has 1 N–H and O–H groups in total. The Balaban J connectivity index is 0. The third kappa shape index (κ3) is 16.5. The standard InChI is InChI=1S/C18H40P.C2HF6NS/c1-5-9-13-14-18-19(15-10-6-2,16-11-7-3)17-12-8-4;3-1(4,5)10(9)2(6,7)8/h5-18H2,1-4H3;9H/q+1;. The van der Waals surface area contributed by atoms with Crippen molar-refractivity contribution in [2.45, 2.75) is 103 Å². The third-order valence-corrected chi connectivity index (χ3v) is 10.9. The van der Waals surface area contributed by atoms with Crippen molar-refractivity contribution in [3.8, 4) is 0 Å². The van der Waals surface area contributed by atoms with E-state index in [-0.39, 0.29) is 0 Å². The smallest absolute Gasteiger partial charge is 0.265 e. The van der Waals surface area contributed by atoms with E-state index in [4.69, 9.17) is 4.78 Å². The Morgan fingerprint density at radius 1 is 0.552 bits per heavy atom. The van der Waals surface area contributed by atoms with Crippen molar-refractivity contribution in [3.63, 3.8) is 0 Å². The van der Waals surface area contributed by atoms with E-state index in [1.54, 1.807) is 24.6 Å². The van der Waals surface area contributed by atoms with Gasteiger partial charge in [0.05, 0.1) is 24.6 Å². The number of unbranched alkanes of at least 4 members (excludes halogenated alkanes) is 6. The monoisotopic (exact) mass is 472 g/mol. The maximum atomic E-state index is 11.0. The molecule has 9 heteroatoms.